The highest BCUT2D eigenvalue weighted by molar-refractivity contribution is 9.10. The van der Waals surface area contributed by atoms with Crippen LogP contribution in [0.4, 0.5) is 5.69 Å². The Balaban J connectivity index is 1.20. The highest BCUT2D eigenvalue weighted by atomic mass is 79.9. The minimum absolute atomic E-state index is 0.421. The fourth-order valence-corrected chi connectivity index (χ4v) is 8.97. The molecule has 0 atom stereocenters. The highest BCUT2D eigenvalue weighted by Gasteiger charge is 2.51. The molecule has 42 heavy (non-hydrogen) atoms. The Bertz CT molecular complexity index is 1700. The first kappa shape index (κ1) is 26.0. The maximum Gasteiger partial charge on any atom is 0.0630 e. The van der Waals surface area contributed by atoms with Crippen molar-refractivity contribution in [2.45, 2.75) is 43.9 Å². The van der Waals surface area contributed by atoms with Gasteiger partial charge in [0.05, 0.1) is 17.1 Å². The Hall–Kier alpha value is -3.69. The van der Waals surface area contributed by atoms with Crippen LogP contribution in [0.1, 0.15) is 49.7 Å². The molecule has 5 aromatic rings. The van der Waals surface area contributed by atoms with E-state index in [0.29, 0.717) is 5.41 Å². The van der Waals surface area contributed by atoms with Gasteiger partial charge in [-0.2, -0.15) is 0 Å². The normalized spacial score (nSPS) is 24.5. The molecule has 0 N–H and O–H groups in total. The summed E-state index contributed by atoms with van der Waals surface area (Å²) in [5, 5.41) is 0. The van der Waals surface area contributed by atoms with E-state index in [1.807, 2.05) is 0 Å². The van der Waals surface area contributed by atoms with Gasteiger partial charge in [0.25, 0.3) is 0 Å². The molecule has 0 saturated heterocycles. The molecule has 3 heteroatoms. The summed E-state index contributed by atoms with van der Waals surface area (Å²) in [6.07, 6.45) is 10.7. The Morgan fingerprint density at radius 3 is 1.83 bits per heavy atom. The number of rotatable bonds is 6. The second-order valence-electron chi connectivity index (χ2n) is 12.9. The van der Waals surface area contributed by atoms with Crippen LogP contribution in [0.2, 0.25) is 0 Å². The molecule has 4 saturated carbocycles. The van der Waals surface area contributed by atoms with E-state index in [4.69, 9.17) is 4.99 Å². The topological polar surface area (TPSA) is 17.3 Å². The third-order valence-electron chi connectivity index (χ3n) is 10.1. The molecule has 0 unspecified atom stereocenters. The molecule has 2 nitrogen and oxygen atoms in total. The van der Waals surface area contributed by atoms with Crippen LogP contribution in [-0.2, 0) is 5.41 Å². The molecule has 9 rings (SSSR count). The number of benzene rings is 4. The standard InChI is InChI=1S/C39H35BrN2/c40-34-13-17-36(18-14-34)42-37(30-7-3-1-4-8-30)22-32(38(42)31-9-5-2-6-10-31)26-41-35-15-11-33(12-16-35)39-23-27-19-28(24-39)21-29(20-27)25-39/h1-18,22,26-29H,19-21,23-25H2. The van der Waals surface area contributed by atoms with Crippen molar-refractivity contribution in [3.63, 3.8) is 0 Å². The third kappa shape index (κ3) is 4.68. The SMILES string of the molecule is Brc1ccc(-n2c(-c3ccccc3)cc(C=Nc3ccc(C45CC6CC(CC(C6)C4)C5)cc3)c2-c2ccccc2)cc1. The summed E-state index contributed by atoms with van der Waals surface area (Å²) in [5.41, 5.74) is 9.85. The number of aliphatic imine (C=N–C) groups is 1. The lowest BCUT2D eigenvalue weighted by atomic mass is 9.48. The van der Waals surface area contributed by atoms with E-state index in [9.17, 15) is 0 Å². The minimum atomic E-state index is 0.421. The smallest absolute Gasteiger partial charge is 0.0630 e. The van der Waals surface area contributed by atoms with Gasteiger partial charge in [-0.3, -0.25) is 4.99 Å². The molecular weight excluding hydrogens is 576 g/mol. The first-order valence-electron chi connectivity index (χ1n) is 15.4. The van der Waals surface area contributed by atoms with Crippen molar-refractivity contribution in [3.05, 3.63) is 131 Å². The highest BCUT2D eigenvalue weighted by Crippen LogP contribution is 2.60. The zero-order valence-corrected chi connectivity index (χ0v) is 25.4. The van der Waals surface area contributed by atoms with Crippen LogP contribution in [0.15, 0.2) is 125 Å². The third-order valence-corrected chi connectivity index (χ3v) is 10.6. The molecule has 0 radical (unpaired) electrons. The van der Waals surface area contributed by atoms with Crippen LogP contribution >= 0.6 is 15.9 Å². The number of hydrogen-bond donors (Lipinski definition) is 0. The Morgan fingerprint density at radius 1 is 0.667 bits per heavy atom. The van der Waals surface area contributed by atoms with Crippen molar-refractivity contribution < 1.29 is 0 Å². The molecular formula is C39H35BrN2. The van der Waals surface area contributed by atoms with Gasteiger partial charge in [-0.15, -0.1) is 0 Å². The molecule has 0 aliphatic heterocycles. The van der Waals surface area contributed by atoms with Gasteiger partial charge < -0.3 is 4.57 Å². The maximum absolute atomic E-state index is 5.06. The van der Waals surface area contributed by atoms with Crippen molar-refractivity contribution in [1.29, 1.82) is 0 Å². The lowest BCUT2D eigenvalue weighted by Gasteiger charge is -2.57. The van der Waals surface area contributed by atoms with E-state index in [0.717, 1.165) is 50.6 Å². The molecule has 4 fully saturated rings. The van der Waals surface area contributed by atoms with Crippen LogP contribution in [-0.4, -0.2) is 10.8 Å². The lowest BCUT2D eigenvalue weighted by Crippen LogP contribution is -2.48. The summed E-state index contributed by atoms with van der Waals surface area (Å²) in [6.45, 7) is 0. The molecule has 4 aliphatic carbocycles. The molecule has 0 amide bonds. The molecule has 4 aromatic carbocycles. The van der Waals surface area contributed by atoms with Gasteiger partial charge in [0.2, 0.25) is 0 Å². The molecule has 1 aromatic heterocycles. The molecule has 208 valence electrons. The van der Waals surface area contributed by atoms with Crippen molar-refractivity contribution >= 4 is 27.8 Å². The van der Waals surface area contributed by atoms with Gasteiger partial charge in [0, 0.05) is 21.9 Å². The van der Waals surface area contributed by atoms with E-state index in [2.05, 4.69) is 142 Å². The quantitative estimate of drug-likeness (QED) is 0.170. The first-order chi connectivity index (χ1) is 20.6. The number of aromatic nitrogens is 1. The zero-order chi connectivity index (χ0) is 28.1. The van der Waals surface area contributed by atoms with E-state index in [-0.39, 0.29) is 0 Å². The Labute approximate surface area is 257 Å². The minimum Gasteiger partial charge on any atom is -0.309 e. The number of halogens is 1. The zero-order valence-electron chi connectivity index (χ0n) is 23.8. The van der Waals surface area contributed by atoms with Gasteiger partial charge in [-0.25, -0.2) is 0 Å². The van der Waals surface area contributed by atoms with Crippen LogP contribution < -0.4 is 0 Å². The first-order valence-corrected chi connectivity index (χ1v) is 16.2. The van der Waals surface area contributed by atoms with Gasteiger partial charge in [0.1, 0.15) is 0 Å². The van der Waals surface area contributed by atoms with E-state index >= 15 is 0 Å². The van der Waals surface area contributed by atoms with E-state index in [1.54, 1.807) is 5.56 Å². The van der Waals surface area contributed by atoms with Gasteiger partial charge >= 0.3 is 0 Å². The lowest BCUT2D eigenvalue weighted by molar-refractivity contribution is -0.00518. The van der Waals surface area contributed by atoms with Crippen molar-refractivity contribution in [3.8, 4) is 28.2 Å². The number of nitrogens with zero attached hydrogens (tertiary/aromatic N) is 2. The largest absolute Gasteiger partial charge is 0.309 e. The van der Waals surface area contributed by atoms with Gasteiger partial charge in [0.15, 0.2) is 0 Å². The van der Waals surface area contributed by atoms with Crippen LogP contribution in [0, 0.1) is 17.8 Å². The van der Waals surface area contributed by atoms with E-state index < -0.39 is 0 Å². The Kier molecular flexibility index (Phi) is 6.52. The second kappa shape index (κ2) is 10.5. The van der Waals surface area contributed by atoms with Crippen molar-refractivity contribution in [2.24, 2.45) is 22.7 Å². The van der Waals surface area contributed by atoms with Crippen molar-refractivity contribution in [1.82, 2.24) is 4.57 Å². The summed E-state index contributed by atoms with van der Waals surface area (Å²) in [5.74, 6) is 2.87. The fourth-order valence-electron chi connectivity index (χ4n) is 8.71. The fraction of sp³-hybridized carbons (Fsp3) is 0.256. The molecule has 1 heterocycles. The van der Waals surface area contributed by atoms with Crippen molar-refractivity contribution in [2.75, 3.05) is 0 Å². The van der Waals surface area contributed by atoms with Gasteiger partial charge in [-0.1, -0.05) is 88.7 Å². The number of hydrogen-bond acceptors (Lipinski definition) is 1. The molecule has 0 spiro atoms. The summed E-state index contributed by atoms with van der Waals surface area (Å²) in [4.78, 5) is 5.06. The second-order valence-corrected chi connectivity index (χ2v) is 13.8. The molecule has 4 bridgehead atoms. The van der Waals surface area contributed by atoms with E-state index in [1.165, 1.54) is 49.7 Å². The Morgan fingerprint density at radius 2 is 1.24 bits per heavy atom. The summed E-state index contributed by atoms with van der Waals surface area (Å²) in [7, 11) is 0. The summed E-state index contributed by atoms with van der Waals surface area (Å²) in [6, 6.07) is 41.5. The average Bonchev–Trinajstić information content (AvgIpc) is 3.40. The average molecular weight is 612 g/mol. The van der Waals surface area contributed by atoms with Crippen LogP contribution in [0.25, 0.3) is 28.2 Å². The summed E-state index contributed by atoms with van der Waals surface area (Å²) >= 11 is 3.62. The van der Waals surface area contributed by atoms with Crippen LogP contribution in [0.3, 0.4) is 0 Å². The monoisotopic (exact) mass is 610 g/mol. The predicted molar refractivity (Wildman–Crippen MR) is 178 cm³/mol. The maximum atomic E-state index is 5.06. The summed E-state index contributed by atoms with van der Waals surface area (Å²) < 4.78 is 3.44. The molecule has 4 aliphatic rings. The van der Waals surface area contributed by atoms with Gasteiger partial charge in [-0.05, 0) is 121 Å². The predicted octanol–water partition coefficient (Wildman–Crippen LogP) is 10.8. The van der Waals surface area contributed by atoms with Crippen LogP contribution in [0.5, 0.6) is 0 Å².